The molecular weight excluding hydrogens is 284 g/mol. The maximum atomic E-state index is 6.08. The number of hydrogen-bond donors (Lipinski definition) is 0. The van der Waals surface area contributed by atoms with Crippen LogP contribution in [0.5, 0.6) is 11.6 Å². The Bertz CT molecular complexity index is 675. The lowest BCUT2D eigenvalue weighted by Gasteiger charge is -2.20. The number of ether oxygens (including phenoxy) is 1. The fourth-order valence-electron chi connectivity index (χ4n) is 2.00. The minimum absolute atomic E-state index is 0.119. The number of hydrogen-bond acceptors (Lipinski definition) is 3. The predicted octanol–water partition coefficient (Wildman–Crippen LogP) is 5.15. The Kier molecular flexibility index (Phi) is 4.24. The van der Waals surface area contributed by atoms with Crippen LogP contribution in [0.25, 0.3) is 0 Å². The molecule has 3 nitrogen and oxygen atoms in total. The van der Waals surface area contributed by atoms with Crippen molar-refractivity contribution in [3.63, 3.8) is 0 Å². The fourth-order valence-corrected chi connectivity index (χ4v) is 2.21. The second-order valence-electron chi connectivity index (χ2n) is 6.32. The number of halogens is 1. The third-order valence-corrected chi connectivity index (χ3v) is 3.77. The zero-order valence-electron chi connectivity index (χ0n) is 13.4. The van der Waals surface area contributed by atoms with Crippen molar-refractivity contribution in [2.24, 2.45) is 0 Å². The summed E-state index contributed by atoms with van der Waals surface area (Å²) in [6.07, 6.45) is 0. The molecule has 0 N–H and O–H groups in total. The Morgan fingerprint density at radius 3 is 2.29 bits per heavy atom. The van der Waals surface area contributed by atoms with Gasteiger partial charge in [-0.3, -0.25) is 0 Å². The first-order valence-electron chi connectivity index (χ1n) is 6.98. The summed E-state index contributed by atoms with van der Waals surface area (Å²) in [6, 6.07) is 6.23. The summed E-state index contributed by atoms with van der Waals surface area (Å²) in [4.78, 5) is 8.44. The van der Waals surface area contributed by atoms with Gasteiger partial charge >= 0.3 is 0 Å². The summed E-state index contributed by atoms with van der Waals surface area (Å²) in [7, 11) is 0. The highest BCUT2D eigenvalue weighted by Crippen LogP contribution is 2.32. The highest BCUT2D eigenvalue weighted by atomic mass is 35.5. The average molecular weight is 305 g/mol. The first kappa shape index (κ1) is 15.8. The van der Waals surface area contributed by atoms with Gasteiger partial charge in [0, 0.05) is 5.56 Å². The van der Waals surface area contributed by atoms with Crippen LogP contribution in [0.15, 0.2) is 18.2 Å². The van der Waals surface area contributed by atoms with Crippen molar-refractivity contribution in [1.82, 2.24) is 9.97 Å². The van der Waals surface area contributed by atoms with E-state index in [0.717, 1.165) is 16.9 Å². The summed E-state index contributed by atoms with van der Waals surface area (Å²) < 4.78 is 5.93. The van der Waals surface area contributed by atoms with Gasteiger partial charge in [-0.15, -0.1) is 0 Å². The van der Waals surface area contributed by atoms with Gasteiger partial charge < -0.3 is 4.74 Å². The second-order valence-corrected chi connectivity index (χ2v) is 6.68. The molecule has 2 aromatic rings. The van der Waals surface area contributed by atoms with Crippen molar-refractivity contribution >= 4 is 11.6 Å². The van der Waals surface area contributed by atoms with Crippen LogP contribution in [0, 0.1) is 20.8 Å². The van der Waals surface area contributed by atoms with Gasteiger partial charge in [-0.1, -0.05) is 44.5 Å². The van der Waals surface area contributed by atoms with Gasteiger partial charge in [-0.25, -0.2) is 4.98 Å². The minimum Gasteiger partial charge on any atom is -0.438 e. The molecule has 0 aliphatic carbocycles. The van der Waals surface area contributed by atoms with Crippen molar-refractivity contribution in [3.8, 4) is 11.6 Å². The molecule has 4 heteroatoms. The van der Waals surface area contributed by atoms with Gasteiger partial charge in [0.25, 0.3) is 0 Å². The molecule has 1 aromatic carbocycles. The molecular formula is C17H21ClN2O. The third-order valence-electron chi connectivity index (χ3n) is 3.40. The van der Waals surface area contributed by atoms with E-state index in [1.807, 2.05) is 19.9 Å². The summed E-state index contributed by atoms with van der Waals surface area (Å²) in [5.74, 6) is 1.91. The molecule has 1 aromatic heterocycles. The first-order chi connectivity index (χ1) is 9.68. The van der Waals surface area contributed by atoms with E-state index >= 15 is 0 Å². The van der Waals surface area contributed by atoms with E-state index in [1.54, 1.807) is 6.92 Å². The van der Waals surface area contributed by atoms with Gasteiger partial charge in [0.15, 0.2) is 0 Å². The highest BCUT2D eigenvalue weighted by Gasteiger charge is 2.16. The standard InChI is InChI=1S/C17H21ClN2O/c1-10-9-13(17(4,5)6)7-8-14(10)21-16-11(2)15(18)19-12(3)20-16/h7-9H,1-6H3. The molecule has 0 saturated heterocycles. The van der Waals surface area contributed by atoms with Gasteiger partial charge in [0.1, 0.15) is 16.7 Å². The number of aromatic nitrogens is 2. The first-order valence-corrected chi connectivity index (χ1v) is 7.36. The van der Waals surface area contributed by atoms with Crippen LogP contribution in [-0.2, 0) is 5.41 Å². The number of benzene rings is 1. The smallest absolute Gasteiger partial charge is 0.226 e. The lowest BCUT2D eigenvalue weighted by atomic mass is 9.86. The van der Waals surface area contributed by atoms with Crippen molar-refractivity contribution in [1.29, 1.82) is 0 Å². The molecule has 112 valence electrons. The lowest BCUT2D eigenvalue weighted by Crippen LogP contribution is -2.11. The Morgan fingerprint density at radius 1 is 1.05 bits per heavy atom. The third kappa shape index (κ3) is 3.53. The average Bonchev–Trinajstić information content (AvgIpc) is 2.36. The van der Waals surface area contributed by atoms with Crippen LogP contribution < -0.4 is 4.74 Å². The van der Waals surface area contributed by atoms with E-state index in [-0.39, 0.29) is 5.41 Å². The van der Waals surface area contributed by atoms with E-state index in [9.17, 15) is 0 Å². The highest BCUT2D eigenvalue weighted by molar-refractivity contribution is 6.30. The van der Waals surface area contributed by atoms with Crippen LogP contribution in [0.4, 0.5) is 0 Å². The maximum Gasteiger partial charge on any atom is 0.226 e. The van der Waals surface area contributed by atoms with Crippen LogP contribution in [-0.4, -0.2) is 9.97 Å². The van der Waals surface area contributed by atoms with Crippen LogP contribution in [0.1, 0.15) is 43.3 Å². The summed E-state index contributed by atoms with van der Waals surface area (Å²) in [5.41, 5.74) is 3.23. The lowest BCUT2D eigenvalue weighted by molar-refractivity contribution is 0.451. The molecule has 0 aliphatic heterocycles. The normalized spacial score (nSPS) is 11.6. The molecule has 0 bridgehead atoms. The van der Waals surface area contributed by atoms with Gasteiger partial charge in [-0.2, -0.15) is 4.98 Å². The summed E-state index contributed by atoms with van der Waals surface area (Å²) in [6.45, 7) is 12.3. The van der Waals surface area contributed by atoms with Gasteiger partial charge in [-0.05, 0) is 43.4 Å². The van der Waals surface area contributed by atoms with E-state index in [4.69, 9.17) is 16.3 Å². The number of aryl methyl sites for hydroxylation is 2. The molecule has 0 spiro atoms. The molecule has 2 rings (SSSR count). The SMILES string of the molecule is Cc1nc(Cl)c(C)c(Oc2ccc(C(C)(C)C)cc2C)n1. The topological polar surface area (TPSA) is 35.0 Å². The molecule has 0 aliphatic rings. The van der Waals surface area contributed by atoms with Crippen LogP contribution >= 0.6 is 11.6 Å². The van der Waals surface area contributed by atoms with Crippen molar-refractivity contribution < 1.29 is 4.74 Å². The van der Waals surface area contributed by atoms with Gasteiger partial charge in [0.05, 0.1) is 0 Å². The van der Waals surface area contributed by atoms with Crippen molar-refractivity contribution in [3.05, 3.63) is 45.9 Å². The number of rotatable bonds is 2. The number of nitrogens with zero attached hydrogens (tertiary/aromatic N) is 2. The Morgan fingerprint density at radius 2 is 1.71 bits per heavy atom. The molecule has 0 amide bonds. The van der Waals surface area contributed by atoms with Crippen LogP contribution in [0.2, 0.25) is 5.15 Å². The zero-order valence-corrected chi connectivity index (χ0v) is 14.2. The maximum absolute atomic E-state index is 6.08. The van der Waals surface area contributed by atoms with E-state index in [1.165, 1.54) is 5.56 Å². The molecule has 0 atom stereocenters. The summed E-state index contributed by atoms with van der Waals surface area (Å²) in [5, 5.41) is 0.432. The van der Waals surface area contributed by atoms with E-state index in [0.29, 0.717) is 16.9 Å². The molecule has 0 fully saturated rings. The molecule has 0 radical (unpaired) electrons. The molecule has 1 heterocycles. The Hall–Kier alpha value is -1.61. The van der Waals surface area contributed by atoms with E-state index in [2.05, 4.69) is 42.9 Å². The molecule has 0 saturated carbocycles. The monoisotopic (exact) mass is 304 g/mol. The van der Waals surface area contributed by atoms with Crippen molar-refractivity contribution in [2.75, 3.05) is 0 Å². The van der Waals surface area contributed by atoms with Gasteiger partial charge in [0.2, 0.25) is 5.88 Å². The molecule has 0 unspecified atom stereocenters. The van der Waals surface area contributed by atoms with E-state index < -0.39 is 0 Å². The Balaban J connectivity index is 2.37. The second kappa shape index (κ2) is 5.64. The Labute approximate surface area is 131 Å². The predicted molar refractivity (Wildman–Crippen MR) is 86.5 cm³/mol. The summed E-state index contributed by atoms with van der Waals surface area (Å²) >= 11 is 6.08. The zero-order chi connectivity index (χ0) is 15.8. The van der Waals surface area contributed by atoms with Crippen molar-refractivity contribution in [2.45, 2.75) is 47.0 Å². The fraction of sp³-hybridized carbons (Fsp3) is 0.412. The van der Waals surface area contributed by atoms with Crippen LogP contribution in [0.3, 0.4) is 0 Å². The quantitative estimate of drug-likeness (QED) is 0.720. The minimum atomic E-state index is 0.119. The molecule has 21 heavy (non-hydrogen) atoms. The largest absolute Gasteiger partial charge is 0.438 e.